The number of hydrogen-bond donors (Lipinski definition) is 1. The molecule has 0 saturated carbocycles. The zero-order chi connectivity index (χ0) is 23.4. The SMILES string of the molecule is CN1CCC(OC(=O)Nc2cccc(Cn3nc(-c4ccc(F)c(F)c4)ccc3=O)c2)CC1. The number of anilines is 1. The molecule has 1 aliphatic heterocycles. The minimum Gasteiger partial charge on any atom is -0.446 e. The lowest BCUT2D eigenvalue weighted by atomic mass is 10.1. The van der Waals surface area contributed by atoms with E-state index in [1.807, 2.05) is 7.05 Å². The summed E-state index contributed by atoms with van der Waals surface area (Å²) < 4.78 is 33.5. The van der Waals surface area contributed by atoms with Crippen molar-refractivity contribution >= 4 is 11.8 Å². The molecule has 0 spiro atoms. The van der Waals surface area contributed by atoms with E-state index in [4.69, 9.17) is 4.74 Å². The predicted octanol–water partition coefficient (Wildman–Crippen LogP) is 3.88. The Kier molecular flexibility index (Phi) is 6.79. The van der Waals surface area contributed by atoms with Gasteiger partial charge in [-0.2, -0.15) is 5.10 Å². The quantitative estimate of drug-likeness (QED) is 0.633. The smallest absolute Gasteiger partial charge is 0.411 e. The van der Waals surface area contributed by atoms with E-state index >= 15 is 0 Å². The van der Waals surface area contributed by atoms with Crippen LogP contribution < -0.4 is 10.9 Å². The fourth-order valence-corrected chi connectivity index (χ4v) is 3.69. The van der Waals surface area contributed by atoms with E-state index < -0.39 is 17.7 Å². The summed E-state index contributed by atoms with van der Waals surface area (Å²) in [6.07, 6.45) is 0.975. The summed E-state index contributed by atoms with van der Waals surface area (Å²) in [7, 11) is 2.04. The molecule has 2 heterocycles. The third kappa shape index (κ3) is 5.81. The Morgan fingerprint density at radius 3 is 2.64 bits per heavy atom. The number of nitrogens with one attached hydrogen (secondary N) is 1. The van der Waals surface area contributed by atoms with Crippen LogP contribution in [-0.2, 0) is 11.3 Å². The van der Waals surface area contributed by atoms with E-state index in [1.54, 1.807) is 24.3 Å². The molecular formula is C24H24F2N4O3. The van der Waals surface area contributed by atoms with Crippen molar-refractivity contribution in [3.63, 3.8) is 0 Å². The first kappa shape index (κ1) is 22.6. The van der Waals surface area contributed by atoms with Crippen molar-refractivity contribution in [1.29, 1.82) is 0 Å². The highest BCUT2D eigenvalue weighted by Gasteiger charge is 2.20. The minimum atomic E-state index is -0.988. The largest absolute Gasteiger partial charge is 0.446 e. The normalized spacial score (nSPS) is 14.8. The lowest BCUT2D eigenvalue weighted by Crippen LogP contribution is -2.36. The van der Waals surface area contributed by atoms with Crippen LogP contribution in [0.3, 0.4) is 0 Å². The number of halogens is 2. The summed E-state index contributed by atoms with van der Waals surface area (Å²) in [4.78, 5) is 26.8. The van der Waals surface area contributed by atoms with Crippen LogP contribution in [-0.4, -0.2) is 47.0 Å². The van der Waals surface area contributed by atoms with E-state index in [-0.39, 0.29) is 18.2 Å². The maximum absolute atomic E-state index is 13.6. The first-order valence-electron chi connectivity index (χ1n) is 10.7. The second-order valence-corrected chi connectivity index (χ2v) is 8.08. The van der Waals surface area contributed by atoms with Gasteiger partial charge in [-0.15, -0.1) is 0 Å². The van der Waals surface area contributed by atoms with Crippen molar-refractivity contribution in [2.45, 2.75) is 25.5 Å². The Balaban J connectivity index is 1.45. The van der Waals surface area contributed by atoms with E-state index in [1.165, 1.54) is 22.9 Å². The summed E-state index contributed by atoms with van der Waals surface area (Å²) in [5.74, 6) is -1.94. The number of likely N-dealkylation sites (tertiary alicyclic amines) is 1. The lowest BCUT2D eigenvalue weighted by molar-refractivity contribution is 0.0662. The van der Waals surface area contributed by atoms with Gasteiger partial charge in [-0.05, 0) is 61.9 Å². The molecule has 0 bridgehead atoms. The van der Waals surface area contributed by atoms with Gasteiger partial charge in [-0.25, -0.2) is 18.3 Å². The van der Waals surface area contributed by atoms with Gasteiger partial charge in [0.25, 0.3) is 5.56 Å². The Morgan fingerprint density at radius 2 is 1.88 bits per heavy atom. The summed E-state index contributed by atoms with van der Waals surface area (Å²) in [5.41, 5.74) is 1.61. The fourth-order valence-electron chi connectivity index (χ4n) is 3.69. The summed E-state index contributed by atoms with van der Waals surface area (Å²) in [6, 6.07) is 13.2. The number of amides is 1. The molecule has 1 N–H and O–H groups in total. The topological polar surface area (TPSA) is 76.5 Å². The molecule has 0 radical (unpaired) electrons. The van der Waals surface area contributed by atoms with E-state index in [2.05, 4.69) is 15.3 Å². The zero-order valence-electron chi connectivity index (χ0n) is 18.1. The van der Waals surface area contributed by atoms with Crippen molar-refractivity contribution < 1.29 is 18.3 Å². The number of aromatic nitrogens is 2. The minimum absolute atomic E-state index is 0.105. The maximum Gasteiger partial charge on any atom is 0.411 e. The Labute approximate surface area is 189 Å². The van der Waals surface area contributed by atoms with Crippen LogP contribution in [0.5, 0.6) is 0 Å². The summed E-state index contributed by atoms with van der Waals surface area (Å²) in [5, 5.41) is 7.01. The van der Waals surface area contributed by atoms with Gasteiger partial charge in [0.1, 0.15) is 6.10 Å². The van der Waals surface area contributed by atoms with E-state index in [0.29, 0.717) is 16.9 Å². The molecule has 1 saturated heterocycles. The number of carbonyl (C=O) groups is 1. The lowest BCUT2D eigenvalue weighted by Gasteiger charge is -2.28. The molecule has 172 valence electrons. The van der Waals surface area contributed by atoms with Crippen LogP contribution in [0.2, 0.25) is 0 Å². The molecule has 0 atom stereocenters. The molecule has 4 rings (SSSR count). The average molecular weight is 454 g/mol. The van der Waals surface area contributed by atoms with Gasteiger partial charge < -0.3 is 9.64 Å². The molecule has 1 aromatic heterocycles. The van der Waals surface area contributed by atoms with Gasteiger partial charge in [0, 0.05) is 30.4 Å². The molecule has 0 aliphatic carbocycles. The van der Waals surface area contributed by atoms with Crippen LogP contribution in [0, 0.1) is 11.6 Å². The average Bonchev–Trinajstić information content (AvgIpc) is 2.79. The van der Waals surface area contributed by atoms with Gasteiger partial charge >= 0.3 is 6.09 Å². The van der Waals surface area contributed by atoms with Gasteiger partial charge in [0.2, 0.25) is 0 Å². The first-order chi connectivity index (χ1) is 15.9. The van der Waals surface area contributed by atoms with Crippen LogP contribution in [0.25, 0.3) is 11.3 Å². The molecule has 33 heavy (non-hydrogen) atoms. The van der Waals surface area contributed by atoms with E-state index in [0.717, 1.165) is 43.6 Å². The molecule has 9 heteroatoms. The number of rotatable bonds is 5. The van der Waals surface area contributed by atoms with Crippen molar-refractivity contribution in [2.75, 3.05) is 25.5 Å². The highest BCUT2D eigenvalue weighted by molar-refractivity contribution is 5.84. The summed E-state index contributed by atoms with van der Waals surface area (Å²) >= 11 is 0. The fraction of sp³-hybridized carbons (Fsp3) is 0.292. The Hall–Kier alpha value is -3.59. The van der Waals surface area contributed by atoms with Gasteiger partial charge in [-0.3, -0.25) is 10.1 Å². The third-order valence-corrected chi connectivity index (χ3v) is 5.53. The number of piperidine rings is 1. The highest BCUT2D eigenvalue weighted by Crippen LogP contribution is 2.19. The number of nitrogens with zero attached hydrogens (tertiary/aromatic N) is 3. The number of benzene rings is 2. The second kappa shape index (κ2) is 9.91. The molecule has 1 aliphatic rings. The van der Waals surface area contributed by atoms with Crippen molar-refractivity contribution in [3.05, 3.63) is 82.1 Å². The molecule has 2 aromatic carbocycles. The number of hydrogen-bond acceptors (Lipinski definition) is 5. The molecule has 7 nitrogen and oxygen atoms in total. The number of carbonyl (C=O) groups excluding carboxylic acids is 1. The van der Waals surface area contributed by atoms with Crippen molar-refractivity contribution in [3.8, 4) is 11.3 Å². The molecule has 0 unspecified atom stereocenters. The van der Waals surface area contributed by atoms with Crippen LogP contribution >= 0.6 is 0 Å². The van der Waals surface area contributed by atoms with Gasteiger partial charge in [-0.1, -0.05) is 12.1 Å². The van der Waals surface area contributed by atoms with Gasteiger partial charge in [0.05, 0.1) is 12.2 Å². The van der Waals surface area contributed by atoms with Crippen molar-refractivity contribution in [2.24, 2.45) is 0 Å². The van der Waals surface area contributed by atoms with Crippen LogP contribution in [0.4, 0.5) is 19.3 Å². The van der Waals surface area contributed by atoms with Crippen LogP contribution in [0.15, 0.2) is 59.4 Å². The van der Waals surface area contributed by atoms with Gasteiger partial charge in [0.15, 0.2) is 11.6 Å². The molecule has 3 aromatic rings. The standard InChI is InChI=1S/C24H24F2N4O3/c1-29-11-9-19(10-12-29)33-24(32)27-18-4-2-3-16(13-18)15-30-23(31)8-7-22(28-30)17-5-6-20(25)21(26)14-17/h2-8,13-14,19H,9-12,15H2,1H3,(H,27,32). The highest BCUT2D eigenvalue weighted by atomic mass is 19.2. The summed E-state index contributed by atoms with van der Waals surface area (Å²) in [6.45, 7) is 1.91. The van der Waals surface area contributed by atoms with Crippen LogP contribution in [0.1, 0.15) is 18.4 Å². The Bertz CT molecular complexity index is 1210. The monoisotopic (exact) mass is 454 g/mol. The molecular weight excluding hydrogens is 430 g/mol. The third-order valence-electron chi connectivity index (χ3n) is 5.53. The molecule has 1 amide bonds. The molecule has 1 fully saturated rings. The predicted molar refractivity (Wildman–Crippen MR) is 120 cm³/mol. The second-order valence-electron chi connectivity index (χ2n) is 8.08. The number of ether oxygens (including phenoxy) is 1. The van der Waals surface area contributed by atoms with E-state index in [9.17, 15) is 18.4 Å². The Morgan fingerprint density at radius 1 is 1.09 bits per heavy atom. The maximum atomic E-state index is 13.6. The van der Waals surface area contributed by atoms with Crippen molar-refractivity contribution in [1.82, 2.24) is 14.7 Å². The first-order valence-corrected chi connectivity index (χ1v) is 10.7. The zero-order valence-corrected chi connectivity index (χ0v) is 18.1.